The highest BCUT2D eigenvalue weighted by atomic mass is 16.5. The molecule has 0 spiro atoms. The standard InChI is InChI=1S/C10H14N2O4/c1-2-15-8(14)7-5-16-9(11-7)12-10(6-13)3-4-10/h5,13H,2-4,6H2,1H3,(H,11,12). The van der Waals surface area contributed by atoms with Gasteiger partial charge in [0.1, 0.15) is 6.26 Å². The Morgan fingerprint density at radius 1 is 1.75 bits per heavy atom. The smallest absolute Gasteiger partial charge is 0.360 e. The Bertz CT molecular complexity index is 384. The van der Waals surface area contributed by atoms with E-state index in [0.29, 0.717) is 6.61 Å². The van der Waals surface area contributed by atoms with Gasteiger partial charge in [0.05, 0.1) is 18.8 Å². The maximum Gasteiger partial charge on any atom is 0.360 e. The summed E-state index contributed by atoms with van der Waals surface area (Å²) in [7, 11) is 0. The lowest BCUT2D eigenvalue weighted by atomic mass is 10.3. The maximum absolute atomic E-state index is 11.3. The first-order valence-corrected chi connectivity index (χ1v) is 5.21. The highest BCUT2D eigenvalue weighted by Crippen LogP contribution is 2.37. The molecular formula is C10H14N2O4. The number of aliphatic hydroxyl groups excluding tert-OH is 1. The molecule has 2 N–H and O–H groups in total. The van der Waals surface area contributed by atoms with Crippen molar-refractivity contribution in [3.63, 3.8) is 0 Å². The lowest BCUT2D eigenvalue weighted by Gasteiger charge is -2.10. The predicted octanol–water partition coefficient (Wildman–Crippen LogP) is 0.788. The molecule has 6 nitrogen and oxygen atoms in total. The molecule has 0 aromatic carbocycles. The van der Waals surface area contributed by atoms with Crippen LogP contribution in [-0.4, -0.2) is 34.8 Å². The Balaban J connectivity index is 1.99. The van der Waals surface area contributed by atoms with Crippen molar-refractivity contribution >= 4 is 12.0 Å². The number of oxazole rings is 1. The minimum absolute atomic E-state index is 0.0319. The van der Waals surface area contributed by atoms with E-state index in [9.17, 15) is 4.79 Å². The first-order valence-electron chi connectivity index (χ1n) is 5.21. The first kappa shape index (κ1) is 10.9. The molecule has 6 heteroatoms. The minimum Gasteiger partial charge on any atom is -0.461 e. The fourth-order valence-electron chi connectivity index (χ4n) is 1.33. The molecule has 0 aliphatic heterocycles. The van der Waals surface area contributed by atoms with Gasteiger partial charge >= 0.3 is 5.97 Å². The normalized spacial score (nSPS) is 16.9. The van der Waals surface area contributed by atoms with Crippen molar-refractivity contribution in [2.45, 2.75) is 25.3 Å². The van der Waals surface area contributed by atoms with Crippen LogP contribution in [0, 0.1) is 0 Å². The van der Waals surface area contributed by atoms with Gasteiger partial charge in [-0.3, -0.25) is 0 Å². The van der Waals surface area contributed by atoms with Crippen LogP contribution in [0.25, 0.3) is 0 Å². The third kappa shape index (κ3) is 2.16. The van der Waals surface area contributed by atoms with E-state index in [2.05, 4.69) is 10.3 Å². The van der Waals surface area contributed by atoms with Crippen molar-refractivity contribution in [1.82, 2.24) is 4.98 Å². The Hall–Kier alpha value is -1.56. The predicted molar refractivity (Wildman–Crippen MR) is 55.1 cm³/mol. The number of hydrogen-bond donors (Lipinski definition) is 2. The SMILES string of the molecule is CCOC(=O)c1coc(NC2(CO)CC2)n1. The minimum atomic E-state index is -0.506. The maximum atomic E-state index is 11.3. The molecule has 0 atom stereocenters. The van der Waals surface area contributed by atoms with E-state index in [1.54, 1.807) is 6.92 Å². The summed E-state index contributed by atoms with van der Waals surface area (Å²) < 4.78 is 9.85. The van der Waals surface area contributed by atoms with E-state index in [1.807, 2.05) is 0 Å². The van der Waals surface area contributed by atoms with Crippen molar-refractivity contribution in [1.29, 1.82) is 0 Å². The number of carbonyl (C=O) groups excluding carboxylic acids is 1. The van der Waals surface area contributed by atoms with Crippen LogP contribution < -0.4 is 5.32 Å². The zero-order chi connectivity index (χ0) is 11.6. The van der Waals surface area contributed by atoms with Crippen LogP contribution in [0.5, 0.6) is 0 Å². The average Bonchev–Trinajstić information content (AvgIpc) is 2.88. The van der Waals surface area contributed by atoms with Gasteiger partial charge in [-0.1, -0.05) is 0 Å². The van der Waals surface area contributed by atoms with Crippen molar-refractivity contribution in [2.75, 3.05) is 18.5 Å². The number of carbonyl (C=O) groups is 1. The van der Waals surface area contributed by atoms with Crippen LogP contribution in [0.3, 0.4) is 0 Å². The van der Waals surface area contributed by atoms with Gasteiger partial charge in [0.15, 0.2) is 5.69 Å². The largest absolute Gasteiger partial charge is 0.461 e. The van der Waals surface area contributed by atoms with Crippen molar-refractivity contribution < 1.29 is 19.1 Å². The van der Waals surface area contributed by atoms with E-state index >= 15 is 0 Å². The lowest BCUT2D eigenvalue weighted by molar-refractivity contribution is 0.0519. The molecular weight excluding hydrogens is 212 g/mol. The molecule has 1 aromatic rings. The zero-order valence-corrected chi connectivity index (χ0v) is 9.02. The number of aliphatic hydroxyl groups is 1. The van der Waals surface area contributed by atoms with Crippen molar-refractivity contribution in [2.24, 2.45) is 0 Å². The number of esters is 1. The van der Waals surface area contributed by atoms with Crippen LogP contribution in [0.1, 0.15) is 30.3 Å². The summed E-state index contributed by atoms with van der Waals surface area (Å²) in [5.41, 5.74) is -0.172. The monoisotopic (exact) mass is 226 g/mol. The summed E-state index contributed by atoms with van der Waals surface area (Å²) in [4.78, 5) is 15.2. The van der Waals surface area contributed by atoms with Crippen LogP contribution in [0.4, 0.5) is 6.01 Å². The van der Waals surface area contributed by atoms with E-state index in [1.165, 1.54) is 6.26 Å². The summed E-state index contributed by atoms with van der Waals surface area (Å²) in [6.45, 7) is 2.06. The van der Waals surface area contributed by atoms with Crippen LogP contribution >= 0.6 is 0 Å². The second-order valence-electron chi connectivity index (χ2n) is 3.82. The van der Waals surface area contributed by atoms with Crippen molar-refractivity contribution in [3.05, 3.63) is 12.0 Å². The number of hydrogen-bond acceptors (Lipinski definition) is 6. The Labute approximate surface area is 92.6 Å². The molecule has 0 amide bonds. The third-order valence-corrected chi connectivity index (χ3v) is 2.52. The second kappa shape index (κ2) is 4.13. The molecule has 0 bridgehead atoms. The topological polar surface area (TPSA) is 84.6 Å². The zero-order valence-electron chi connectivity index (χ0n) is 9.02. The average molecular weight is 226 g/mol. The van der Waals surface area contributed by atoms with Crippen LogP contribution in [0.2, 0.25) is 0 Å². The van der Waals surface area contributed by atoms with Crippen LogP contribution in [0.15, 0.2) is 10.7 Å². The molecule has 1 aliphatic carbocycles. The Kier molecular flexibility index (Phi) is 2.82. The van der Waals surface area contributed by atoms with E-state index in [-0.39, 0.29) is 23.9 Å². The molecule has 1 fully saturated rings. The van der Waals surface area contributed by atoms with Gasteiger partial charge in [0.25, 0.3) is 6.01 Å². The molecule has 0 radical (unpaired) electrons. The lowest BCUT2D eigenvalue weighted by Crippen LogP contribution is -2.25. The van der Waals surface area contributed by atoms with E-state index < -0.39 is 5.97 Å². The van der Waals surface area contributed by atoms with Crippen molar-refractivity contribution in [3.8, 4) is 0 Å². The first-order chi connectivity index (χ1) is 7.69. The molecule has 0 saturated heterocycles. The Morgan fingerprint density at radius 3 is 3.06 bits per heavy atom. The molecule has 1 aliphatic rings. The highest BCUT2D eigenvalue weighted by molar-refractivity contribution is 5.87. The summed E-state index contributed by atoms with van der Waals surface area (Å²) in [6, 6.07) is 0.245. The number of nitrogens with zero attached hydrogens (tertiary/aromatic N) is 1. The second-order valence-corrected chi connectivity index (χ2v) is 3.82. The molecule has 88 valence electrons. The summed E-state index contributed by atoms with van der Waals surface area (Å²) in [5, 5.41) is 12.1. The number of rotatable bonds is 5. The quantitative estimate of drug-likeness (QED) is 0.722. The number of ether oxygens (including phenoxy) is 1. The molecule has 1 aromatic heterocycles. The van der Waals surface area contributed by atoms with E-state index in [0.717, 1.165) is 12.8 Å². The third-order valence-electron chi connectivity index (χ3n) is 2.52. The summed E-state index contributed by atoms with van der Waals surface area (Å²) in [6.07, 6.45) is 3.00. The van der Waals surface area contributed by atoms with Gasteiger partial charge in [-0.05, 0) is 19.8 Å². The molecule has 16 heavy (non-hydrogen) atoms. The van der Waals surface area contributed by atoms with Gasteiger partial charge in [-0.15, -0.1) is 0 Å². The molecule has 0 unspecified atom stereocenters. The van der Waals surface area contributed by atoms with Gasteiger partial charge in [0, 0.05) is 0 Å². The molecule has 1 heterocycles. The van der Waals surface area contributed by atoms with Gasteiger partial charge in [-0.2, -0.15) is 4.98 Å². The Morgan fingerprint density at radius 2 is 2.50 bits per heavy atom. The fraction of sp³-hybridized carbons (Fsp3) is 0.600. The molecule has 1 saturated carbocycles. The number of nitrogens with one attached hydrogen (secondary N) is 1. The van der Waals surface area contributed by atoms with Gasteiger partial charge in [0.2, 0.25) is 0 Å². The van der Waals surface area contributed by atoms with Gasteiger partial charge in [-0.25, -0.2) is 4.79 Å². The van der Waals surface area contributed by atoms with E-state index in [4.69, 9.17) is 14.3 Å². The highest BCUT2D eigenvalue weighted by Gasteiger charge is 2.43. The summed E-state index contributed by atoms with van der Waals surface area (Å²) >= 11 is 0. The van der Waals surface area contributed by atoms with Crippen LogP contribution in [-0.2, 0) is 4.74 Å². The molecule has 2 rings (SSSR count). The number of anilines is 1. The fourth-order valence-corrected chi connectivity index (χ4v) is 1.33. The summed E-state index contributed by atoms with van der Waals surface area (Å²) in [5.74, 6) is -0.506. The number of aromatic nitrogens is 1. The van der Waals surface area contributed by atoms with Gasteiger partial charge < -0.3 is 19.6 Å².